The molecule has 0 atom stereocenters. The number of nitrogens with zero attached hydrogens (tertiary/aromatic N) is 1. The minimum atomic E-state index is -0.0748. The van der Waals surface area contributed by atoms with E-state index in [1.54, 1.807) is 0 Å². The van der Waals surface area contributed by atoms with E-state index >= 15 is 0 Å². The maximum Gasteiger partial charge on any atom is 0.363 e. The molecule has 0 aromatic rings. The quantitative estimate of drug-likeness (QED) is 0.442. The summed E-state index contributed by atoms with van der Waals surface area (Å²) < 4.78 is 6.61. The third kappa shape index (κ3) is 1.25. The predicted octanol–water partition coefficient (Wildman–Crippen LogP) is 0.866. The third-order valence-corrected chi connectivity index (χ3v) is 3.36. The van der Waals surface area contributed by atoms with Gasteiger partial charge < -0.3 is 0 Å². The molecule has 0 saturated carbocycles. The highest BCUT2D eigenvalue weighted by Crippen LogP contribution is 2.26. The lowest BCUT2D eigenvalue weighted by molar-refractivity contribution is -0.433. The van der Waals surface area contributed by atoms with Crippen LogP contribution in [0.5, 0.6) is 0 Å². The zero-order valence-electron chi connectivity index (χ0n) is 6.92. The van der Waals surface area contributed by atoms with E-state index in [9.17, 15) is 0 Å². The molecule has 1 fully saturated rings. The largest absolute Gasteiger partial charge is 0.363 e. The highest BCUT2D eigenvalue weighted by molar-refractivity contribution is 6.24. The summed E-state index contributed by atoms with van der Waals surface area (Å²) in [4.78, 5) is 4.83. The molecule has 3 nitrogen and oxygen atoms in total. The van der Waals surface area contributed by atoms with E-state index in [0.717, 1.165) is 0 Å². The van der Waals surface area contributed by atoms with E-state index in [4.69, 9.17) is 4.99 Å². The first-order chi connectivity index (χ1) is 4.55. The maximum absolute atomic E-state index is 4.83. The third-order valence-electron chi connectivity index (χ3n) is 2.24. The van der Waals surface area contributed by atoms with Crippen molar-refractivity contribution in [1.82, 2.24) is 4.73 Å². The molecule has 0 aliphatic carbocycles. The number of rotatable bonds is 2. The molecule has 0 aromatic heterocycles. The van der Waals surface area contributed by atoms with Crippen molar-refractivity contribution in [2.45, 2.75) is 33.2 Å². The Morgan fingerprint density at radius 1 is 1.40 bits per heavy atom. The van der Waals surface area contributed by atoms with Gasteiger partial charge in [-0.3, -0.25) is 4.58 Å². The van der Waals surface area contributed by atoms with Crippen LogP contribution in [0.15, 0.2) is 0 Å². The molecule has 0 amide bonds. The summed E-state index contributed by atoms with van der Waals surface area (Å²) in [7, 11) is -0.0748. The summed E-state index contributed by atoms with van der Waals surface area (Å²) in [6.45, 7) is 8.68. The number of hydrogen-bond donors (Lipinski definition) is 0. The van der Waals surface area contributed by atoms with Crippen molar-refractivity contribution in [1.29, 1.82) is 0 Å². The molecule has 4 heteroatoms. The summed E-state index contributed by atoms with van der Waals surface area (Å²) >= 11 is 0. The molecule has 1 saturated heterocycles. The Morgan fingerprint density at radius 2 is 1.90 bits per heavy atom. The molecule has 1 radical (unpaired) electrons. The molecule has 59 valence electrons. The zero-order valence-corrected chi connectivity index (χ0v) is 8.07. The summed E-state index contributed by atoms with van der Waals surface area (Å²) in [5.74, 6) is 0.587. The van der Waals surface area contributed by atoms with Gasteiger partial charge in [-0.2, -0.15) is 4.99 Å². The van der Waals surface area contributed by atoms with Gasteiger partial charge in [0.2, 0.25) is 0 Å². The van der Waals surface area contributed by atoms with Crippen molar-refractivity contribution in [3.05, 3.63) is 0 Å². The molecular formula is C6H14NO2Si. The van der Waals surface area contributed by atoms with Crippen LogP contribution in [0.3, 0.4) is 0 Å². The van der Waals surface area contributed by atoms with Gasteiger partial charge in [-0.1, -0.05) is 13.8 Å². The Labute approximate surface area is 64.2 Å². The lowest BCUT2D eigenvalue weighted by atomic mass is 9.92. The topological polar surface area (TPSA) is 21.7 Å². The van der Waals surface area contributed by atoms with E-state index in [0.29, 0.717) is 5.92 Å². The fourth-order valence-corrected chi connectivity index (χ4v) is 1.31. The first kappa shape index (κ1) is 8.20. The van der Waals surface area contributed by atoms with Crippen molar-refractivity contribution < 1.29 is 9.57 Å². The van der Waals surface area contributed by atoms with Gasteiger partial charge in [0, 0.05) is 5.54 Å². The summed E-state index contributed by atoms with van der Waals surface area (Å²) in [5.41, 5.74) is 0.119. The minimum absolute atomic E-state index is 0.0748. The van der Waals surface area contributed by atoms with E-state index in [2.05, 4.69) is 32.3 Å². The van der Waals surface area contributed by atoms with Gasteiger partial charge in [-0.05, 0) is 19.8 Å². The Balaban J connectivity index is 2.48. The van der Waals surface area contributed by atoms with E-state index < -0.39 is 0 Å². The van der Waals surface area contributed by atoms with Crippen LogP contribution in [-0.4, -0.2) is 20.2 Å². The van der Waals surface area contributed by atoms with E-state index in [1.165, 1.54) is 0 Å². The van der Waals surface area contributed by atoms with Gasteiger partial charge in [-0.25, -0.2) is 0 Å². The lowest BCUT2D eigenvalue weighted by Crippen LogP contribution is -2.56. The Kier molecular flexibility index (Phi) is 2.14. The molecule has 1 aliphatic heterocycles. The Hall–Kier alpha value is 0.0969. The van der Waals surface area contributed by atoms with Gasteiger partial charge in [-0.15, -0.1) is 4.73 Å². The first-order valence-corrected chi connectivity index (χ1v) is 4.50. The fourth-order valence-electron chi connectivity index (χ4n) is 0.572. The molecule has 0 aromatic carbocycles. The molecule has 0 N–H and O–H groups in total. The zero-order chi connectivity index (χ0) is 7.78. The summed E-state index contributed by atoms with van der Waals surface area (Å²) in [5, 5.41) is 0. The fraction of sp³-hybridized carbons (Fsp3) is 1.00. The first-order valence-electron chi connectivity index (χ1n) is 3.51. The van der Waals surface area contributed by atoms with Gasteiger partial charge in [0.15, 0.2) is 0 Å². The number of hydroxylamine groups is 1. The van der Waals surface area contributed by atoms with Crippen molar-refractivity contribution in [3.8, 4) is 0 Å². The second-order valence-electron chi connectivity index (χ2n) is 3.41. The lowest BCUT2D eigenvalue weighted by Gasteiger charge is -2.42. The monoisotopic (exact) mass is 160 g/mol. The molecule has 1 heterocycles. The van der Waals surface area contributed by atoms with Gasteiger partial charge in [0.25, 0.3) is 0 Å². The second kappa shape index (κ2) is 2.62. The van der Waals surface area contributed by atoms with Crippen LogP contribution in [0.4, 0.5) is 0 Å². The average molecular weight is 160 g/mol. The minimum Gasteiger partial charge on any atom is -0.250 e. The molecule has 0 unspecified atom stereocenters. The van der Waals surface area contributed by atoms with Crippen molar-refractivity contribution in [3.63, 3.8) is 0 Å². The summed E-state index contributed by atoms with van der Waals surface area (Å²) in [6.07, 6.45) is 0. The average Bonchev–Trinajstić information content (AvgIpc) is 1.57. The standard InChI is InChI=1S/C6H14NO2Si/c1-5(2)6(3,4)7-8-9-10-7/h5,10H,1-4H3. The van der Waals surface area contributed by atoms with E-state index in [-0.39, 0.29) is 15.5 Å². The number of hydrogen-bond acceptors (Lipinski definition) is 3. The predicted molar refractivity (Wildman–Crippen MR) is 40.1 cm³/mol. The molecule has 0 spiro atoms. The molecule has 0 bridgehead atoms. The van der Waals surface area contributed by atoms with Gasteiger partial charge in [0.1, 0.15) is 0 Å². The van der Waals surface area contributed by atoms with Crippen LogP contribution in [0.2, 0.25) is 0 Å². The van der Waals surface area contributed by atoms with Gasteiger partial charge >= 0.3 is 9.92 Å². The van der Waals surface area contributed by atoms with Crippen LogP contribution in [0.25, 0.3) is 0 Å². The van der Waals surface area contributed by atoms with Crippen LogP contribution in [0, 0.1) is 5.92 Å². The summed E-state index contributed by atoms with van der Waals surface area (Å²) in [6, 6.07) is 0. The van der Waals surface area contributed by atoms with Gasteiger partial charge in [0.05, 0.1) is 0 Å². The SMILES string of the molecule is CC(C)C(C)(C)N1OO[SiH]1. The van der Waals surface area contributed by atoms with Crippen LogP contribution >= 0.6 is 0 Å². The van der Waals surface area contributed by atoms with E-state index in [1.807, 2.05) is 4.73 Å². The Bertz CT molecular complexity index is 123. The highest BCUT2D eigenvalue weighted by atomic mass is 28.2. The normalized spacial score (nSPS) is 21.3. The second-order valence-corrected chi connectivity index (χ2v) is 4.28. The van der Waals surface area contributed by atoms with Crippen molar-refractivity contribution in [2.24, 2.45) is 5.92 Å². The molecule has 1 rings (SSSR count). The maximum atomic E-state index is 4.83. The van der Waals surface area contributed by atoms with Crippen LogP contribution < -0.4 is 0 Å². The van der Waals surface area contributed by atoms with Crippen LogP contribution in [-0.2, 0) is 9.57 Å². The van der Waals surface area contributed by atoms with Crippen molar-refractivity contribution in [2.75, 3.05) is 0 Å². The van der Waals surface area contributed by atoms with Crippen LogP contribution in [0.1, 0.15) is 27.7 Å². The smallest absolute Gasteiger partial charge is 0.250 e. The highest BCUT2D eigenvalue weighted by Gasteiger charge is 2.37. The molecular weight excluding hydrogens is 146 g/mol. The van der Waals surface area contributed by atoms with Crippen molar-refractivity contribution >= 4 is 9.92 Å². The Morgan fingerprint density at radius 3 is 2.00 bits per heavy atom. The molecule has 10 heavy (non-hydrogen) atoms. The molecule has 1 aliphatic rings.